The summed E-state index contributed by atoms with van der Waals surface area (Å²) in [5, 5.41) is 11.2. The van der Waals surface area contributed by atoms with Crippen LogP contribution in [0.4, 0.5) is 8.78 Å². The normalized spacial score (nSPS) is 12.5. The first-order valence-corrected chi connectivity index (χ1v) is 9.10. The van der Waals surface area contributed by atoms with Gasteiger partial charge in [-0.3, -0.25) is 14.8 Å². The summed E-state index contributed by atoms with van der Waals surface area (Å²) in [7, 11) is 0. The minimum atomic E-state index is -3.11. The fourth-order valence-electron chi connectivity index (χ4n) is 1.82. The van der Waals surface area contributed by atoms with Crippen LogP contribution < -0.4 is 22.3 Å². The lowest BCUT2D eigenvalue weighted by Crippen LogP contribution is -2.66. The second kappa shape index (κ2) is 15.7. The maximum absolute atomic E-state index is 13.1. The monoisotopic (exact) mass is 454 g/mol. The van der Waals surface area contributed by atoms with Crippen molar-refractivity contribution < 1.29 is 23.6 Å². The Morgan fingerprint density at radius 2 is 1.77 bits per heavy atom. The van der Waals surface area contributed by atoms with E-state index >= 15 is 0 Å². The van der Waals surface area contributed by atoms with Gasteiger partial charge in [-0.1, -0.05) is 24.5 Å². The zero-order valence-electron chi connectivity index (χ0n) is 17.4. The Kier molecular flexibility index (Phi) is 15.2. The predicted molar refractivity (Wildman–Crippen MR) is 121 cm³/mol. The van der Waals surface area contributed by atoms with Gasteiger partial charge in [0.1, 0.15) is 11.6 Å². The number of nitrogens with one attached hydrogen (secondary N) is 2. The molecule has 31 heavy (non-hydrogen) atoms. The van der Waals surface area contributed by atoms with E-state index in [9.17, 15) is 18.4 Å². The third kappa shape index (κ3) is 11.6. The van der Waals surface area contributed by atoms with E-state index in [4.69, 9.17) is 16.7 Å². The van der Waals surface area contributed by atoms with Crippen molar-refractivity contribution in [3.63, 3.8) is 0 Å². The molecular formula is C21H28F2N4O3S. The largest absolute Gasteiger partial charge is 0.394 e. The van der Waals surface area contributed by atoms with Crippen molar-refractivity contribution in [2.45, 2.75) is 31.9 Å². The smallest absolute Gasteiger partial charge is 0.268 e. The number of thiol groups is 1. The molecule has 0 fully saturated rings. The van der Waals surface area contributed by atoms with E-state index in [0.29, 0.717) is 10.6 Å². The first-order valence-electron chi connectivity index (χ1n) is 8.65. The van der Waals surface area contributed by atoms with Crippen LogP contribution in [0, 0.1) is 11.8 Å². The highest BCUT2D eigenvalue weighted by Crippen LogP contribution is 2.18. The van der Waals surface area contributed by atoms with Crippen molar-refractivity contribution in [1.29, 1.82) is 0 Å². The summed E-state index contributed by atoms with van der Waals surface area (Å²) in [5.41, 5.74) is 9.84. The summed E-state index contributed by atoms with van der Waals surface area (Å²) >= 11 is 3.55. The zero-order chi connectivity index (χ0) is 24.6. The molecule has 0 saturated carbocycles. The molecule has 10 heteroatoms. The minimum Gasteiger partial charge on any atom is -0.394 e. The van der Waals surface area contributed by atoms with Gasteiger partial charge in [-0.15, -0.1) is 25.8 Å². The Labute approximate surface area is 186 Å². The second-order valence-corrected chi connectivity index (χ2v) is 6.46. The number of rotatable bonds is 5. The molecule has 0 spiro atoms. The van der Waals surface area contributed by atoms with Gasteiger partial charge in [0.05, 0.1) is 5.03 Å². The molecule has 170 valence electrons. The van der Waals surface area contributed by atoms with Crippen molar-refractivity contribution >= 4 is 24.4 Å². The van der Waals surface area contributed by atoms with E-state index in [1.54, 1.807) is 24.3 Å². The Morgan fingerprint density at radius 3 is 2.16 bits per heavy atom. The average Bonchev–Trinajstić information content (AvgIpc) is 2.72. The first kappa shape index (κ1) is 30.1. The van der Waals surface area contributed by atoms with Crippen molar-refractivity contribution in [2.75, 3.05) is 0 Å². The molecule has 0 aliphatic carbocycles. The molecule has 2 unspecified atom stereocenters. The molecule has 0 aliphatic heterocycles. The van der Waals surface area contributed by atoms with Crippen molar-refractivity contribution in [3.05, 3.63) is 72.3 Å². The number of amides is 2. The van der Waals surface area contributed by atoms with Crippen molar-refractivity contribution in [3.8, 4) is 11.8 Å². The first-order chi connectivity index (χ1) is 14.5. The second-order valence-electron chi connectivity index (χ2n) is 5.89. The molecule has 0 saturated heterocycles. The maximum Gasteiger partial charge on any atom is 0.268 e. The van der Waals surface area contributed by atoms with E-state index in [1.807, 2.05) is 6.92 Å². The SMILES string of the molecule is C/C=C/C#Cc1ccc(C(=O)NC(C(=O)NO)C(C)(N)C(F)F)cc1.C=C.C=C(N)S. The summed E-state index contributed by atoms with van der Waals surface area (Å²) in [4.78, 5) is 23.8. The lowest BCUT2D eigenvalue weighted by Gasteiger charge is -2.32. The van der Waals surface area contributed by atoms with Gasteiger partial charge in [-0.2, -0.15) is 0 Å². The van der Waals surface area contributed by atoms with Crippen LogP contribution in [0.1, 0.15) is 29.8 Å². The number of benzene rings is 1. The van der Waals surface area contributed by atoms with E-state index in [0.717, 1.165) is 6.92 Å². The van der Waals surface area contributed by atoms with E-state index < -0.39 is 29.8 Å². The van der Waals surface area contributed by atoms with Crippen LogP contribution >= 0.6 is 12.6 Å². The predicted octanol–water partition coefficient (Wildman–Crippen LogP) is 2.35. The minimum absolute atomic E-state index is 0.123. The van der Waals surface area contributed by atoms with Crippen molar-refractivity contribution in [2.24, 2.45) is 11.5 Å². The van der Waals surface area contributed by atoms with E-state index in [2.05, 4.69) is 49.5 Å². The highest BCUT2D eigenvalue weighted by Gasteiger charge is 2.44. The third-order valence-electron chi connectivity index (χ3n) is 3.35. The van der Waals surface area contributed by atoms with Crippen LogP contribution in [-0.2, 0) is 4.79 Å². The lowest BCUT2D eigenvalue weighted by molar-refractivity contribution is -0.134. The number of hydrogen-bond donors (Lipinski definition) is 6. The van der Waals surface area contributed by atoms with Crippen molar-refractivity contribution in [1.82, 2.24) is 10.8 Å². The fourth-order valence-corrected chi connectivity index (χ4v) is 1.82. The number of nitrogens with two attached hydrogens (primary N) is 2. The topological polar surface area (TPSA) is 130 Å². The summed E-state index contributed by atoms with van der Waals surface area (Å²) in [5.74, 6) is 3.57. The molecule has 1 aromatic rings. The lowest BCUT2D eigenvalue weighted by atomic mass is 9.92. The molecule has 0 heterocycles. The third-order valence-corrected chi connectivity index (χ3v) is 3.35. The molecule has 2 amide bonds. The Morgan fingerprint density at radius 1 is 1.29 bits per heavy atom. The zero-order valence-corrected chi connectivity index (χ0v) is 18.3. The molecule has 0 bridgehead atoms. The van der Waals surface area contributed by atoms with Crippen LogP contribution in [0.3, 0.4) is 0 Å². The molecule has 2 atom stereocenters. The van der Waals surface area contributed by atoms with Gasteiger partial charge in [0.25, 0.3) is 18.2 Å². The summed E-state index contributed by atoms with van der Waals surface area (Å²) < 4.78 is 26.1. The Bertz CT molecular complexity index is 812. The number of carbonyl (C=O) groups excluding carboxylic acids is 2. The van der Waals surface area contributed by atoms with E-state index in [1.165, 1.54) is 17.6 Å². The molecule has 7 nitrogen and oxygen atoms in total. The Hall–Kier alpha value is -3.13. The molecule has 0 aromatic heterocycles. The quantitative estimate of drug-likeness (QED) is 0.134. The standard InChI is InChI=1S/C17H19F2N3O3.C2H5NS.C2H4/c1-3-4-5-6-11-7-9-12(10-8-11)14(23)21-13(15(24)22-25)17(2,20)16(18)19;1-2(3)4;1-2/h3-4,7-10,13,16,25H,20H2,1-2H3,(H,21,23)(H,22,24);4H,1,3H2;1-2H2/b4-3+;;. The molecular weight excluding hydrogens is 426 g/mol. The maximum atomic E-state index is 13.1. The van der Waals surface area contributed by atoms with Gasteiger partial charge in [-0.05, 0) is 44.2 Å². The van der Waals surface area contributed by atoms with Crippen LogP contribution in [0.5, 0.6) is 0 Å². The molecule has 1 rings (SSSR count). The number of carbonyl (C=O) groups is 2. The van der Waals surface area contributed by atoms with Crippen LogP contribution in [0.25, 0.3) is 0 Å². The number of hydrogen-bond acceptors (Lipinski definition) is 6. The van der Waals surface area contributed by atoms with Gasteiger partial charge < -0.3 is 16.8 Å². The molecule has 7 N–H and O–H groups in total. The highest BCUT2D eigenvalue weighted by molar-refractivity contribution is 7.84. The fraction of sp³-hybridized carbons (Fsp3) is 0.238. The molecule has 1 aromatic carbocycles. The number of allylic oxidation sites excluding steroid dienone is 2. The Balaban J connectivity index is 0. The van der Waals surface area contributed by atoms with Gasteiger partial charge >= 0.3 is 0 Å². The molecule has 0 aliphatic rings. The summed E-state index contributed by atoms with van der Waals surface area (Å²) in [6.45, 7) is 11.9. The summed E-state index contributed by atoms with van der Waals surface area (Å²) in [6.07, 6.45) is 0.318. The van der Waals surface area contributed by atoms with Crippen LogP contribution in [0.15, 0.2) is 61.2 Å². The van der Waals surface area contributed by atoms with Gasteiger partial charge in [0.2, 0.25) is 0 Å². The average molecular weight is 455 g/mol. The van der Waals surface area contributed by atoms with E-state index in [-0.39, 0.29) is 5.56 Å². The highest BCUT2D eigenvalue weighted by atomic mass is 32.1. The van der Waals surface area contributed by atoms with Crippen LogP contribution in [-0.4, -0.2) is 35.0 Å². The van der Waals surface area contributed by atoms with Gasteiger partial charge in [0, 0.05) is 11.1 Å². The number of hydroxylamine groups is 1. The van der Waals surface area contributed by atoms with Gasteiger partial charge in [0.15, 0.2) is 0 Å². The molecule has 0 radical (unpaired) electrons. The number of alkyl halides is 2. The van der Waals surface area contributed by atoms with Gasteiger partial charge in [-0.25, -0.2) is 14.3 Å². The number of halogens is 2. The summed E-state index contributed by atoms with van der Waals surface area (Å²) in [6, 6.07) is 4.17. The van der Waals surface area contributed by atoms with Crippen LogP contribution in [0.2, 0.25) is 0 Å².